The summed E-state index contributed by atoms with van der Waals surface area (Å²) in [6, 6.07) is 6.77. The van der Waals surface area contributed by atoms with E-state index >= 15 is 0 Å². The molecule has 100 valence electrons. The molecule has 0 radical (unpaired) electrons. The fraction of sp³-hybridized carbons (Fsp3) is 0.600. The van der Waals surface area contributed by atoms with Gasteiger partial charge in [-0.15, -0.1) is 0 Å². The highest BCUT2D eigenvalue weighted by atomic mass is 127. The largest absolute Gasteiger partial charge is 0.381 e. The molecule has 2 atom stereocenters. The predicted octanol–water partition coefficient (Wildman–Crippen LogP) is 5.72. The second-order valence-corrected chi connectivity index (χ2v) is 6.90. The molecule has 1 saturated carbocycles. The fourth-order valence-corrected chi connectivity index (χ4v) is 3.42. The van der Waals surface area contributed by atoms with Gasteiger partial charge < -0.3 is 5.32 Å². The van der Waals surface area contributed by atoms with Crippen molar-refractivity contribution in [2.24, 2.45) is 5.92 Å². The van der Waals surface area contributed by atoms with E-state index in [1.807, 2.05) is 12.1 Å². The van der Waals surface area contributed by atoms with Crippen LogP contribution in [-0.4, -0.2) is 6.04 Å². The van der Waals surface area contributed by atoms with Crippen LogP contribution in [0.5, 0.6) is 0 Å². The summed E-state index contributed by atoms with van der Waals surface area (Å²) in [5, 5.41) is 4.48. The normalized spacial score (nSPS) is 24.6. The van der Waals surface area contributed by atoms with Crippen LogP contribution in [0.15, 0.2) is 18.2 Å². The second-order valence-electron chi connectivity index (χ2n) is 5.25. The molecule has 1 aliphatic rings. The number of nitrogens with one attached hydrogen (secondary N) is 1. The van der Waals surface area contributed by atoms with Crippen LogP contribution in [0.1, 0.15) is 45.4 Å². The summed E-state index contributed by atoms with van der Waals surface area (Å²) in [7, 11) is 0. The van der Waals surface area contributed by atoms with E-state index in [4.69, 9.17) is 11.6 Å². The predicted molar refractivity (Wildman–Crippen MR) is 88.4 cm³/mol. The topological polar surface area (TPSA) is 12.0 Å². The Hall–Kier alpha value is 0.0400. The fourth-order valence-electron chi connectivity index (χ4n) is 2.76. The van der Waals surface area contributed by atoms with E-state index in [2.05, 4.69) is 40.9 Å². The lowest BCUT2D eigenvalue weighted by atomic mass is 9.98. The van der Waals surface area contributed by atoms with Gasteiger partial charge in [0.2, 0.25) is 0 Å². The number of anilines is 1. The lowest BCUT2D eigenvalue weighted by Gasteiger charge is -2.19. The molecule has 3 heteroatoms. The van der Waals surface area contributed by atoms with Gasteiger partial charge in [-0.05, 0) is 66.0 Å². The minimum atomic E-state index is 0.595. The Balaban J connectivity index is 1.98. The molecule has 1 N–H and O–H groups in total. The first kappa shape index (κ1) is 14.4. The van der Waals surface area contributed by atoms with Crippen molar-refractivity contribution in [3.05, 3.63) is 26.8 Å². The van der Waals surface area contributed by atoms with Gasteiger partial charge in [-0.1, -0.05) is 37.8 Å². The Kier molecular flexibility index (Phi) is 5.61. The standard InChI is InChI=1S/C15H21ClIN/c1-2-11-4-3-5-13(8-6-11)18-15-10-12(17)7-9-14(15)16/h7,9-11,13,18H,2-6,8H2,1H3. The van der Waals surface area contributed by atoms with E-state index < -0.39 is 0 Å². The molecular weight excluding hydrogens is 357 g/mol. The highest BCUT2D eigenvalue weighted by Crippen LogP contribution is 2.30. The first-order valence-corrected chi connectivity index (χ1v) is 8.36. The van der Waals surface area contributed by atoms with E-state index in [9.17, 15) is 0 Å². The summed E-state index contributed by atoms with van der Waals surface area (Å²) in [4.78, 5) is 0. The summed E-state index contributed by atoms with van der Waals surface area (Å²) < 4.78 is 1.24. The summed E-state index contributed by atoms with van der Waals surface area (Å²) in [5.74, 6) is 0.934. The van der Waals surface area contributed by atoms with Crippen LogP contribution in [0.3, 0.4) is 0 Å². The molecule has 0 bridgehead atoms. The van der Waals surface area contributed by atoms with Crippen LogP contribution in [0.2, 0.25) is 5.02 Å². The lowest BCUT2D eigenvalue weighted by molar-refractivity contribution is 0.444. The van der Waals surface area contributed by atoms with Gasteiger partial charge in [0.15, 0.2) is 0 Å². The molecule has 1 aromatic carbocycles. The molecule has 0 spiro atoms. The first-order chi connectivity index (χ1) is 8.69. The highest BCUT2D eigenvalue weighted by molar-refractivity contribution is 14.1. The third-order valence-electron chi connectivity index (χ3n) is 3.95. The smallest absolute Gasteiger partial charge is 0.0638 e. The maximum absolute atomic E-state index is 6.25. The van der Waals surface area contributed by atoms with Crippen LogP contribution in [0, 0.1) is 9.49 Å². The van der Waals surface area contributed by atoms with Gasteiger partial charge in [0.25, 0.3) is 0 Å². The Labute approximate surface area is 129 Å². The Morgan fingerprint density at radius 2 is 2.11 bits per heavy atom. The van der Waals surface area contributed by atoms with E-state index in [-0.39, 0.29) is 0 Å². The number of halogens is 2. The van der Waals surface area contributed by atoms with Gasteiger partial charge in [-0.3, -0.25) is 0 Å². The van der Waals surface area contributed by atoms with Crippen molar-refractivity contribution in [3.63, 3.8) is 0 Å². The van der Waals surface area contributed by atoms with E-state index in [1.165, 1.54) is 42.1 Å². The molecular formula is C15H21ClIN. The van der Waals surface area contributed by atoms with Crippen molar-refractivity contribution < 1.29 is 0 Å². The van der Waals surface area contributed by atoms with Crippen LogP contribution in [0.4, 0.5) is 5.69 Å². The van der Waals surface area contributed by atoms with Gasteiger partial charge >= 0.3 is 0 Å². The Bertz CT molecular complexity index is 394. The van der Waals surface area contributed by atoms with Gasteiger partial charge in [-0.2, -0.15) is 0 Å². The van der Waals surface area contributed by atoms with Crippen LogP contribution in [-0.2, 0) is 0 Å². The maximum Gasteiger partial charge on any atom is 0.0638 e. The first-order valence-electron chi connectivity index (χ1n) is 6.90. The average Bonchev–Trinajstić information content (AvgIpc) is 2.59. The lowest BCUT2D eigenvalue weighted by Crippen LogP contribution is -2.18. The number of hydrogen-bond donors (Lipinski definition) is 1. The minimum absolute atomic E-state index is 0.595. The second kappa shape index (κ2) is 6.99. The summed E-state index contributed by atoms with van der Waals surface area (Å²) in [6.07, 6.45) is 7.98. The van der Waals surface area contributed by atoms with E-state index in [1.54, 1.807) is 0 Å². The maximum atomic E-state index is 6.25. The van der Waals surface area contributed by atoms with Crippen molar-refractivity contribution in [3.8, 4) is 0 Å². The SMILES string of the molecule is CCC1CCCC(Nc2cc(I)ccc2Cl)CC1. The quantitative estimate of drug-likeness (QED) is 0.525. The number of hydrogen-bond acceptors (Lipinski definition) is 1. The molecule has 2 rings (SSSR count). The third kappa shape index (κ3) is 4.02. The van der Waals surface area contributed by atoms with E-state index in [0.29, 0.717) is 6.04 Å². The molecule has 1 aliphatic carbocycles. The van der Waals surface area contributed by atoms with Crippen LogP contribution >= 0.6 is 34.2 Å². The van der Waals surface area contributed by atoms with Gasteiger partial charge in [-0.25, -0.2) is 0 Å². The average molecular weight is 378 g/mol. The van der Waals surface area contributed by atoms with Crippen molar-refractivity contribution >= 4 is 39.9 Å². The Morgan fingerprint density at radius 1 is 1.28 bits per heavy atom. The summed E-state index contributed by atoms with van der Waals surface area (Å²) in [6.45, 7) is 2.31. The monoisotopic (exact) mass is 377 g/mol. The number of rotatable bonds is 3. The minimum Gasteiger partial charge on any atom is -0.381 e. The van der Waals surface area contributed by atoms with Crippen molar-refractivity contribution in [1.82, 2.24) is 0 Å². The summed E-state index contributed by atoms with van der Waals surface area (Å²) >= 11 is 8.58. The molecule has 2 unspecified atom stereocenters. The van der Waals surface area contributed by atoms with E-state index in [0.717, 1.165) is 16.6 Å². The molecule has 1 aromatic rings. The molecule has 1 nitrogen and oxygen atoms in total. The van der Waals surface area contributed by atoms with Crippen LogP contribution < -0.4 is 5.32 Å². The number of benzene rings is 1. The molecule has 0 aliphatic heterocycles. The zero-order chi connectivity index (χ0) is 13.0. The molecule has 0 saturated heterocycles. The molecule has 0 aromatic heterocycles. The van der Waals surface area contributed by atoms with Gasteiger partial charge in [0.05, 0.1) is 10.7 Å². The summed E-state index contributed by atoms with van der Waals surface area (Å²) in [5.41, 5.74) is 1.10. The zero-order valence-corrected chi connectivity index (χ0v) is 13.8. The molecule has 0 amide bonds. The van der Waals surface area contributed by atoms with Crippen LogP contribution in [0.25, 0.3) is 0 Å². The third-order valence-corrected chi connectivity index (χ3v) is 4.95. The zero-order valence-electron chi connectivity index (χ0n) is 10.9. The molecule has 0 heterocycles. The highest BCUT2D eigenvalue weighted by Gasteiger charge is 2.18. The Morgan fingerprint density at radius 3 is 2.89 bits per heavy atom. The van der Waals surface area contributed by atoms with Gasteiger partial charge in [0, 0.05) is 9.61 Å². The van der Waals surface area contributed by atoms with Crippen molar-refractivity contribution in [2.45, 2.75) is 51.5 Å². The molecule has 1 fully saturated rings. The van der Waals surface area contributed by atoms with Crippen molar-refractivity contribution in [2.75, 3.05) is 5.32 Å². The molecule has 18 heavy (non-hydrogen) atoms. The van der Waals surface area contributed by atoms with Gasteiger partial charge in [0.1, 0.15) is 0 Å². The van der Waals surface area contributed by atoms with Crippen molar-refractivity contribution in [1.29, 1.82) is 0 Å².